The van der Waals surface area contributed by atoms with Crippen LogP contribution in [-0.4, -0.2) is 11.7 Å². The Kier molecular flexibility index (Phi) is 4.70. The summed E-state index contributed by atoms with van der Waals surface area (Å²) in [5.41, 5.74) is 0.628. The second-order valence-electron chi connectivity index (χ2n) is 5.35. The molecule has 4 heteroatoms. The van der Waals surface area contributed by atoms with Crippen molar-refractivity contribution in [2.45, 2.75) is 39.3 Å². The molecule has 104 valence electrons. The fraction of sp³-hybridized carbons (Fsp3) is 0.400. The van der Waals surface area contributed by atoms with Gasteiger partial charge in [-0.1, -0.05) is 18.7 Å². The zero-order valence-corrected chi connectivity index (χ0v) is 11.8. The van der Waals surface area contributed by atoms with Crippen molar-refractivity contribution in [2.75, 3.05) is 0 Å². The van der Waals surface area contributed by atoms with Gasteiger partial charge in [-0.05, 0) is 45.4 Å². The summed E-state index contributed by atoms with van der Waals surface area (Å²) < 4.78 is 18.9. The van der Waals surface area contributed by atoms with Crippen LogP contribution in [0.15, 0.2) is 24.8 Å². The molecule has 0 unspecified atom stereocenters. The maximum Gasteiger partial charge on any atom is 0.408 e. The van der Waals surface area contributed by atoms with E-state index >= 15 is 0 Å². The summed E-state index contributed by atoms with van der Waals surface area (Å²) in [6, 6.07) is 4.17. The lowest BCUT2D eigenvalue weighted by Crippen LogP contribution is -2.34. The van der Waals surface area contributed by atoms with Gasteiger partial charge in [0.1, 0.15) is 11.4 Å². The van der Waals surface area contributed by atoms with Crippen LogP contribution in [0.3, 0.4) is 0 Å². The number of halogens is 1. The van der Waals surface area contributed by atoms with E-state index in [-0.39, 0.29) is 5.82 Å². The highest BCUT2D eigenvalue weighted by Crippen LogP contribution is 2.19. The highest BCUT2D eigenvalue weighted by molar-refractivity contribution is 5.68. The lowest BCUT2D eigenvalue weighted by Gasteiger charge is -2.22. The lowest BCUT2D eigenvalue weighted by atomic mass is 10.0. The number of alkyl carbamates (subject to hydrolysis) is 1. The monoisotopic (exact) mass is 265 g/mol. The van der Waals surface area contributed by atoms with E-state index < -0.39 is 17.7 Å². The van der Waals surface area contributed by atoms with Crippen molar-refractivity contribution in [1.29, 1.82) is 0 Å². The van der Waals surface area contributed by atoms with Gasteiger partial charge in [0, 0.05) is 5.56 Å². The molecular weight excluding hydrogens is 245 g/mol. The first-order valence-electron chi connectivity index (χ1n) is 6.14. The molecule has 1 rings (SSSR count). The van der Waals surface area contributed by atoms with Gasteiger partial charge in [0.05, 0.1) is 6.04 Å². The van der Waals surface area contributed by atoms with Gasteiger partial charge in [-0.3, -0.25) is 0 Å². The largest absolute Gasteiger partial charge is 0.444 e. The predicted octanol–water partition coefficient (Wildman–Crippen LogP) is 4.05. The van der Waals surface area contributed by atoms with Gasteiger partial charge in [-0.2, -0.15) is 0 Å². The third kappa shape index (κ3) is 4.73. The Balaban J connectivity index is 2.80. The number of ether oxygens (including phenoxy) is 1. The van der Waals surface area contributed by atoms with E-state index in [1.54, 1.807) is 45.9 Å². The minimum atomic E-state index is -0.578. The number of amides is 1. The lowest BCUT2D eigenvalue weighted by molar-refractivity contribution is 0.0507. The summed E-state index contributed by atoms with van der Waals surface area (Å²) in [6.45, 7) is 10.7. The maximum absolute atomic E-state index is 13.7. The highest BCUT2D eigenvalue weighted by atomic mass is 19.1. The van der Waals surface area contributed by atoms with Crippen LogP contribution in [0.1, 0.15) is 44.9 Å². The molecule has 0 bridgehead atoms. The number of carbonyl (C=O) groups is 1. The van der Waals surface area contributed by atoms with E-state index in [1.165, 1.54) is 6.07 Å². The second-order valence-corrected chi connectivity index (χ2v) is 5.35. The van der Waals surface area contributed by atoms with Crippen molar-refractivity contribution in [2.24, 2.45) is 0 Å². The Morgan fingerprint density at radius 1 is 1.47 bits per heavy atom. The quantitative estimate of drug-likeness (QED) is 0.895. The van der Waals surface area contributed by atoms with Crippen molar-refractivity contribution >= 4 is 12.2 Å². The average molecular weight is 265 g/mol. The summed E-state index contributed by atoms with van der Waals surface area (Å²) in [4.78, 5) is 11.6. The van der Waals surface area contributed by atoms with Crippen molar-refractivity contribution in [3.8, 4) is 0 Å². The standard InChI is InChI=1S/C15H20FNO2/c1-6-11-7-8-13(16)12(9-11)10(2)17-14(18)19-15(3,4)5/h6-10H,1H2,2-5H3,(H,17,18)/t10-/m1/s1. The zero-order chi connectivity index (χ0) is 14.6. The summed E-state index contributed by atoms with van der Waals surface area (Å²) in [5, 5.41) is 2.61. The molecule has 3 nitrogen and oxygen atoms in total. The van der Waals surface area contributed by atoms with Crippen LogP contribution in [0.2, 0.25) is 0 Å². The predicted molar refractivity (Wildman–Crippen MR) is 74.3 cm³/mol. The molecule has 1 aromatic rings. The van der Waals surface area contributed by atoms with Crippen LogP contribution in [-0.2, 0) is 4.74 Å². The SMILES string of the molecule is C=Cc1ccc(F)c([C@@H](C)NC(=O)OC(C)(C)C)c1. The minimum absolute atomic E-state index is 0.367. The molecule has 0 aliphatic heterocycles. The number of hydrogen-bond donors (Lipinski definition) is 1. The molecule has 1 amide bonds. The first-order chi connectivity index (χ1) is 8.73. The third-order valence-electron chi connectivity index (χ3n) is 2.46. The summed E-state index contributed by atoms with van der Waals surface area (Å²) in [7, 11) is 0. The van der Waals surface area contributed by atoms with E-state index in [0.717, 1.165) is 5.56 Å². The van der Waals surface area contributed by atoms with Gasteiger partial charge < -0.3 is 10.1 Å². The summed E-state index contributed by atoms with van der Waals surface area (Å²) in [6.07, 6.45) is 1.06. The molecular formula is C15H20FNO2. The van der Waals surface area contributed by atoms with Gasteiger partial charge in [-0.15, -0.1) is 0 Å². The van der Waals surface area contributed by atoms with Crippen molar-refractivity contribution in [3.05, 3.63) is 41.7 Å². The molecule has 1 atom stereocenters. The Labute approximate surface area is 113 Å². The number of nitrogens with one attached hydrogen (secondary N) is 1. The smallest absolute Gasteiger partial charge is 0.408 e. The minimum Gasteiger partial charge on any atom is -0.444 e. The van der Waals surface area contributed by atoms with Crippen LogP contribution in [0.4, 0.5) is 9.18 Å². The number of hydrogen-bond acceptors (Lipinski definition) is 2. The van der Waals surface area contributed by atoms with Crippen molar-refractivity contribution in [1.82, 2.24) is 5.32 Å². The number of rotatable bonds is 3. The van der Waals surface area contributed by atoms with Crippen molar-refractivity contribution in [3.63, 3.8) is 0 Å². The van der Waals surface area contributed by atoms with E-state index in [1.807, 2.05) is 0 Å². The molecule has 0 radical (unpaired) electrons. The third-order valence-corrected chi connectivity index (χ3v) is 2.46. The zero-order valence-electron chi connectivity index (χ0n) is 11.8. The van der Waals surface area contributed by atoms with Gasteiger partial charge in [0.25, 0.3) is 0 Å². The molecule has 0 fully saturated rings. The van der Waals surface area contributed by atoms with Gasteiger partial charge >= 0.3 is 6.09 Å². The van der Waals surface area contributed by atoms with Gasteiger partial charge in [-0.25, -0.2) is 9.18 Å². The van der Waals surface area contributed by atoms with Crippen LogP contribution >= 0.6 is 0 Å². The maximum atomic E-state index is 13.7. The Morgan fingerprint density at radius 3 is 2.63 bits per heavy atom. The molecule has 0 spiro atoms. The van der Waals surface area contributed by atoms with E-state index in [4.69, 9.17) is 4.74 Å². The fourth-order valence-electron chi connectivity index (χ4n) is 1.58. The summed E-state index contributed by atoms with van der Waals surface area (Å²) >= 11 is 0. The Bertz CT molecular complexity index is 478. The Morgan fingerprint density at radius 2 is 2.11 bits per heavy atom. The molecule has 0 saturated heterocycles. The second kappa shape index (κ2) is 5.87. The van der Waals surface area contributed by atoms with Gasteiger partial charge in [0.15, 0.2) is 0 Å². The molecule has 0 aliphatic rings. The van der Waals surface area contributed by atoms with E-state index in [0.29, 0.717) is 5.56 Å². The molecule has 0 heterocycles. The average Bonchev–Trinajstić information content (AvgIpc) is 2.26. The normalized spacial score (nSPS) is 12.7. The Hall–Kier alpha value is -1.84. The molecule has 1 N–H and O–H groups in total. The van der Waals surface area contributed by atoms with E-state index in [2.05, 4.69) is 11.9 Å². The van der Waals surface area contributed by atoms with Crippen LogP contribution in [0, 0.1) is 5.82 Å². The fourth-order valence-corrected chi connectivity index (χ4v) is 1.58. The molecule has 1 aromatic carbocycles. The molecule has 19 heavy (non-hydrogen) atoms. The molecule has 0 aromatic heterocycles. The number of carbonyl (C=O) groups excluding carboxylic acids is 1. The first-order valence-corrected chi connectivity index (χ1v) is 6.14. The highest BCUT2D eigenvalue weighted by Gasteiger charge is 2.19. The first kappa shape index (κ1) is 15.2. The van der Waals surface area contributed by atoms with E-state index in [9.17, 15) is 9.18 Å². The topological polar surface area (TPSA) is 38.3 Å². The number of benzene rings is 1. The molecule has 0 saturated carbocycles. The van der Waals surface area contributed by atoms with Gasteiger partial charge in [0.2, 0.25) is 0 Å². The molecule has 0 aliphatic carbocycles. The van der Waals surface area contributed by atoms with Crippen LogP contribution in [0.5, 0.6) is 0 Å². The van der Waals surface area contributed by atoms with Crippen molar-refractivity contribution < 1.29 is 13.9 Å². The van der Waals surface area contributed by atoms with Crippen LogP contribution < -0.4 is 5.32 Å². The van der Waals surface area contributed by atoms with Crippen LogP contribution in [0.25, 0.3) is 6.08 Å². The summed E-state index contributed by atoms with van der Waals surface area (Å²) in [5.74, 6) is -0.367.